The SMILES string of the molecule is CCCNCc1cn(-c2ccc(OC)cc2)c(C)cc1=O. The third-order valence-corrected chi connectivity index (χ3v) is 3.41. The number of ether oxygens (including phenoxy) is 1. The van der Waals surface area contributed by atoms with Crippen molar-refractivity contribution in [2.24, 2.45) is 0 Å². The molecule has 0 saturated heterocycles. The molecule has 0 radical (unpaired) electrons. The molecular weight excluding hydrogens is 264 g/mol. The highest BCUT2D eigenvalue weighted by Gasteiger charge is 2.05. The van der Waals surface area contributed by atoms with E-state index in [4.69, 9.17) is 4.74 Å². The number of hydrogen-bond acceptors (Lipinski definition) is 3. The minimum Gasteiger partial charge on any atom is -0.497 e. The minimum atomic E-state index is 0.0841. The van der Waals surface area contributed by atoms with Crippen LogP contribution in [0.5, 0.6) is 5.75 Å². The summed E-state index contributed by atoms with van der Waals surface area (Å²) in [4.78, 5) is 12.0. The summed E-state index contributed by atoms with van der Waals surface area (Å²) in [5.74, 6) is 0.822. The highest BCUT2D eigenvalue weighted by atomic mass is 16.5. The van der Waals surface area contributed by atoms with Crippen molar-refractivity contribution in [2.75, 3.05) is 13.7 Å². The summed E-state index contributed by atoms with van der Waals surface area (Å²) in [6, 6.07) is 9.50. The second kappa shape index (κ2) is 7.09. The fraction of sp³-hybridized carbons (Fsp3) is 0.353. The molecule has 1 N–H and O–H groups in total. The lowest BCUT2D eigenvalue weighted by molar-refractivity contribution is 0.414. The molecule has 1 aromatic heterocycles. The van der Waals surface area contributed by atoms with Gasteiger partial charge in [0.25, 0.3) is 0 Å². The maximum atomic E-state index is 12.0. The molecule has 0 bridgehead atoms. The Bertz CT molecular complexity index is 645. The fourth-order valence-electron chi connectivity index (χ4n) is 2.23. The third-order valence-electron chi connectivity index (χ3n) is 3.41. The average Bonchev–Trinajstić information content (AvgIpc) is 2.50. The van der Waals surface area contributed by atoms with Gasteiger partial charge in [0.2, 0.25) is 0 Å². The topological polar surface area (TPSA) is 43.3 Å². The van der Waals surface area contributed by atoms with Gasteiger partial charge in [0.15, 0.2) is 5.43 Å². The van der Waals surface area contributed by atoms with Crippen molar-refractivity contribution in [3.8, 4) is 11.4 Å². The van der Waals surface area contributed by atoms with E-state index in [2.05, 4.69) is 12.2 Å². The summed E-state index contributed by atoms with van der Waals surface area (Å²) in [6.45, 7) is 5.56. The van der Waals surface area contributed by atoms with Crippen LogP contribution in [0.2, 0.25) is 0 Å². The molecule has 0 spiro atoms. The van der Waals surface area contributed by atoms with E-state index in [9.17, 15) is 4.79 Å². The second-order valence-corrected chi connectivity index (χ2v) is 5.05. The number of pyridine rings is 1. The van der Waals surface area contributed by atoms with Gasteiger partial charge in [-0.2, -0.15) is 0 Å². The van der Waals surface area contributed by atoms with Crippen molar-refractivity contribution in [1.82, 2.24) is 9.88 Å². The van der Waals surface area contributed by atoms with Crippen LogP contribution in [0.1, 0.15) is 24.6 Å². The van der Waals surface area contributed by atoms with Crippen LogP contribution in [-0.2, 0) is 6.54 Å². The first kappa shape index (κ1) is 15.3. The molecule has 2 aromatic rings. The van der Waals surface area contributed by atoms with Crippen molar-refractivity contribution in [1.29, 1.82) is 0 Å². The normalized spacial score (nSPS) is 10.6. The highest BCUT2D eigenvalue weighted by molar-refractivity contribution is 5.39. The van der Waals surface area contributed by atoms with E-state index in [-0.39, 0.29) is 5.43 Å². The van der Waals surface area contributed by atoms with Gasteiger partial charge in [-0.3, -0.25) is 4.79 Å². The van der Waals surface area contributed by atoms with E-state index in [1.165, 1.54) is 0 Å². The molecule has 4 nitrogen and oxygen atoms in total. The Morgan fingerprint density at radius 3 is 2.57 bits per heavy atom. The number of benzene rings is 1. The number of nitrogens with zero attached hydrogens (tertiary/aromatic N) is 1. The first-order valence-corrected chi connectivity index (χ1v) is 7.23. The van der Waals surface area contributed by atoms with E-state index in [1.807, 2.05) is 42.0 Å². The predicted octanol–water partition coefficient (Wildman–Crippen LogP) is 2.65. The maximum Gasteiger partial charge on any atom is 0.186 e. The zero-order chi connectivity index (χ0) is 15.2. The van der Waals surface area contributed by atoms with Crippen molar-refractivity contribution < 1.29 is 4.74 Å². The van der Waals surface area contributed by atoms with Crippen LogP contribution in [0.15, 0.2) is 41.3 Å². The molecule has 21 heavy (non-hydrogen) atoms. The van der Waals surface area contributed by atoms with Crippen LogP contribution < -0.4 is 15.5 Å². The smallest absolute Gasteiger partial charge is 0.186 e. The molecule has 0 aliphatic rings. The summed E-state index contributed by atoms with van der Waals surface area (Å²) in [5.41, 5.74) is 2.81. The number of aromatic nitrogens is 1. The molecule has 4 heteroatoms. The largest absolute Gasteiger partial charge is 0.497 e. The monoisotopic (exact) mass is 286 g/mol. The van der Waals surface area contributed by atoms with Gasteiger partial charge in [0.1, 0.15) is 5.75 Å². The van der Waals surface area contributed by atoms with Crippen LogP contribution in [-0.4, -0.2) is 18.2 Å². The van der Waals surface area contributed by atoms with Crippen LogP contribution in [0.3, 0.4) is 0 Å². The number of hydrogen-bond donors (Lipinski definition) is 1. The molecule has 0 aliphatic heterocycles. The molecule has 0 atom stereocenters. The Hall–Kier alpha value is -2.07. The molecular formula is C17H22N2O2. The quantitative estimate of drug-likeness (QED) is 0.830. The molecule has 1 heterocycles. The van der Waals surface area contributed by atoms with Crippen LogP contribution in [0, 0.1) is 6.92 Å². The molecule has 0 amide bonds. The number of aryl methyl sites for hydroxylation is 1. The second-order valence-electron chi connectivity index (χ2n) is 5.05. The van der Waals surface area contributed by atoms with Gasteiger partial charge < -0.3 is 14.6 Å². The Balaban J connectivity index is 2.33. The van der Waals surface area contributed by atoms with E-state index in [0.717, 1.165) is 35.7 Å². The fourth-order valence-corrected chi connectivity index (χ4v) is 2.23. The van der Waals surface area contributed by atoms with Crippen molar-refractivity contribution in [3.05, 3.63) is 58.0 Å². The Kier molecular flexibility index (Phi) is 5.17. The van der Waals surface area contributed by atoms with Gasteiger partial charge in [-0.25, -0.2) is 0 Å². The highest BCUT2D eigenvalue weighted by Crippen LogP contribution is 2.16. The van der Waals surface area contributed by atoms with E-state index in [0.29, 0.717) is 6.54 Å². The third kappa shape index (κ3) is 3.73. The zero-order valence-electron chi connectivity index (χ0n) is 12.8. The van der Waals surface area contributed by atoms with Gasteiger partial charge >= 0.3 is 0 Å². The van der Waals surface area contributed by atoms with E-state index >= 15 is 0 Å². The Labute approximate surface area is 125 Å². The van der Waals surface area contributed by atoms with E-state index in [1.54, 1.807) is 13.2 Å². The van der Waals surface area contributed by atoms with Gasteiger partial charge in [-0.15, -0.1) is 0 Å². The van der Waals surface area contributed by atoms with Gasteiger partial charge in [-0.05, 0) is 44.2 Å². The number of rotatable bonds is 6. The summed E-state index contributed by atoms with van der Waals surface area (Å²) in [7, 11) is 1.65. The lowest BCUT2D eigenvalue weighted by atomic mass is 10.2. The maximum absolute atomic E-state index is 12.0. The lowest BCUT2D eigenvalue weighted by Crippen LogP contribution is -2.22. The molecule has 0 fully saturated rings. The van der Waals surface area contributed by atoms with Gasteiger partial charge in [-0.1, -0.05) is 6.92 Å². The summed E-state index contributed by atoms with van der Waals surface area (Å²) < 4.78 is 7.21. The molecule has 0 unspecified atom stereocenters. The molecule has 2 rings (SSSR count). The molecule has 112 valence electrons. The summed E-state index contributed by atoms with van der Waals surface area (Å²) >= 11 is 0. The lowest BCUT2D eigenvalue weighted by Gasteiger charge is -2.13. The van der Waals surface area contributed by atoms with Gasteiger partial charge in [0, 0.05) is 35.8 Å². The number of methoxy groups -OCH3 is 1. The zero-order valence-corrected chi connectivity index (χ0v) is 12.8. The first-order valence-electron chi connectivity index (χ1n) is 7.23. The van der Waals surface area contributed by atoms with Crippen LogP contribution in [0.4, 0.5) is 0 Å². The average molecular weight is 286 g/mol. The standard InChI is InChI=1S/C17H22N2O2/c1-4-9-18-11-14-12-19(13(2)10-17(14)20)15-5-7-16(21-3)8-6-15/h5-8,10,12,18H,4,9,11H2,1-3H3. The minimum absolute atomic E-state index is 0.0841. The molecule has 1 aromatic carbocycles. The molecule has 0 saturated carbocycles. The summed E-state index contributed by atoms with van der Waals surface area (Å²) in [5, 5.41) is 3.28. The van der Waals surface area contributed by atoms with Crippen molar-refractivity contribution in [2.45, 2.75) is 26.8 Å². The first-order chi connectivity index (χ1) is 10.2. The van der Waals surface area contributed by atoms with Crippen LogP contribution in [0.25, 0.3) is 5.69 Å². The number of nitrogens with one attached hydrogen (secondary N) is 1. The van der Waals surface area contributed by atoms with Crippen molar-refractivity contribution in [3.63, 3.8) is 0 Å². The molecule has 0 aliphatic carbocycles. The van der Waals surface area contributed by atoms with Crippen molar-refractivity contribution >= 4 is 0 Å². The Morgan fingerprint density at radius 2 is 1.95 bits per heavy atom. The van der Waals surface area contributed by atoms with E-state index < -0.39 is 0 Å². The van der Waals surface area contributed by atoms with Gasteiger partial charge in [0.05, 0.1) is 7.11 Å². The predicted molar refractivity (Wildman–Crippen MR) is 85.3 cm³/mol. The summed E-state index contributed by atoms with van der Waals surface area (Å²) in [6.07, 6.45) is 2.97. The van der Waals surface area contributed by atoms with Crippen LogP contribution >= 0.6 is 0 Å². The Morgan fingerprint density at radius 1 is 1.24 bits per heavy atom.